The van der Waals surface area contributed by atoms with Gasteiger partial charge in [0.15, 0.2) is 0 Å². The second kappa shape index (κ2) is 5.88. The Morgan fingerprint density at radius 1 is 0.950 bits per heavy atom. The maximum absolute atomic E-state index is 12.5. The van der Waals surface area contributed by atoms with Gasteiger partial charge < -0.3 is 0 Å². The van der Waals surface area contributed by atoms with Gasteiger partial charge in [-0.05, 0) is 36.6 Å². The molecule has 106 valence electrons. The standard InChI is InChI=1S/C16H14ClF3/c1-11-2-4-12(5-3-11)10-15(17)13-6-8-14(9-7-13)16(18,19)20/h2-9,15H,10H2,1H3. The summed E-state index contributed by atoms with van der Waals surface area (Å²) in [6.07, 6.45) is -3.72. The van der Waals surface area contributed by atoms with Crippen molar-refractivity contribution < 1.29 is 13.2 Å². The summed E-state index contributed by atoms with van der Waals surface area (Å²) in [5, 5.41) is -0.333. The van der Waals surface area contributed by atoms with Crippen LogP contribution in [0.2, 0.25) is 0 Å². The Hall–Kier alpha value is -1.48. The highest BCUT2D eigenvalue weighted by molar-refractivity contribution is 6.20. The molecule has 2 aromatic rings. The summed E-state index contributed by atoms with van der Waals surface area (Å²) in [5.41, 5.74) is 2.27. The predicted molar refractivity (Wildman–Crippen MR) is 74.9 cm³/mol. The minimum Gasteiger partial charge on any atom is -0.166 e. The number of aryl methyl sites for hydroxylation is 1. The molecule has 1 unspecified atom stereocenters. The van der Waals surface area contributed by atoms with E-state index in [4.69, 9.17) is 11.6 Å². The van der Waals surface area contributed by atoms with E-state index in [-0.39, 0.29) is 5.38 Å². The first-order valence-electron chi connectivity index (χ1n) is 6.23. The molecule has 0 bridgehead atoms. The first-order valence-corrected chi connectivity index (χ1v) is 6.66. The lowest BCUT2D eigenvalue weighted by atomic mass is 10.0. The summed E-state index contributed by atoms with van der Waals surface area (Å²) < 4.78 is 37.4. The molecule has 0 radical (unpaired) electrons. The van der Waals surface area contributed by atoms with Crippen LogP contribution in [0, 0.1) is 6.92 Å². The summed E-state index contributed by atoms with van der Waals surface area (Å²) in [4.78, 5) is 0. The lowest BCUT2D eigenvalue weighted by molar-refractivity contribution is -0.137. The molecule has 0 aliphatic heterocycles. The highest BCUT2D eigenvalue weighted by Crippen LogP contribution is 2.31. The highest BCUT2D eigenvalue weighted by atomic mass is 35.5. The zero-order valence-corrected chi connectivity index (χ0v) is 11.7. The SMILES string of the molecule is Cc1ccc(CC(Cl)c2ccc(C(F)(F)F)cc2)cc1. The second-order valence-corrected chi connectivity index (χ2v) is 5.30. The van der Waals surface area contributed by atoms with Gasteiger partial charge in [0.1, 0.15) is 0 Å². The van der Waals surface area contributed by atoms with Crippen LogP contribution in [0.15, 0.2) is 48.5 Å². The van der Waals surface area contributed by atoms with E-state index >= 15 is 0 Å². The molecular weight excluding hydrogens is 285 g/mol. The fraction of sp³-hybridized carbons (Fsp3) is 0.250. The molecule has 0 aromatic heterocycles. The quantitative estimate of drug-likeness (QED) is 0.653. The van der Waals surface area contributed by atoms with E-state index in [0.717, 1.165) is 23.3 Å². The monoisotopic (exact) mass is 298 g/mol. The number of halogens is 4. The van der Waals surface area contributed by atoms with Crippen molar-refractivity contribution in [2.45, 2.75) is 24.9 Å². The Balaban J connectivity index is 2.09. The van der Waals surface area contributed by atoms with E-state index in [1.807, 2.05) is 31.2 Å². The highest BCUT2D eigenvalue weighted by Gasteiger charge is 2.30. The van der Waals surface area contributed by atoms with Crippen LogP contribution in [0.25, 0.3) is 0 Å². The van der Waals surface area contributed by atoms with Gasteiger partial charge in [0.2, 0.25) is 0 Å². The molecule has 2 rings (SSSR count). The topological polar surface area (TPSA) is 0 Å². The van der Waals surface area contributed by atoms with E-state index in [2.05, 4.69) is 0 Å². The van der Waals surface area contributed by atoms with Crippen molar-refractivity contribution in [2.24, 2.45) is 0 Å². The van der Waals surface area contributed by atoms with Gasteiger partial charge in [-0.3, -0.25) is 0 Å². The fourth-order valence-corrected chi connectivity index (χ4v) is 2.25. The fourth-order valence-electron chi connectivity index (χ4n) is 1.93. The van der Waals surface area contributed by atoms with E-state index in [0.29, 0.717) is 12.0 Å². The summed E-state index contributed by atoms with van der Waals surface area (Å²) in [6.45, 7) is 2.00. The molecule has 0 heterocycles. The van der Waals surface area contributed by atoms with Crippen molar-refractivity contribution >= 4 is 11.6 Å². The third-order valence-corrected chi connectivity index (χ3v) is 3.54. The predicted octanol–water partition coefficient (Wildman–Crippen LogP) is 5.54. The van der Waals surface area contributed by atoms with Gasteiger partial charge in [0, 0.05) is 0 Å². The lowest BCUT2D eigenvalue weighted by Gasteiger charge is -2.12. The maximum Gasteiger partial charge on any atom is 0.416 e. The summed E-state index contributed by atoms with van der Waals surface area (Å²) >= 11 is 6.27. The summed E-state index contributed by atoms with van der Waals surface area (Å²) in [5.74, 6) is 0. The molecule has 4 heteroatoms. The van der Waals surface area contributed by atoms with Crippen molar-refractivity contribution in [1.82, 2.24) is 0 Å². The van der Waals surface area contributed by atoms with Gasteiger partial charge in [-0.1, -0.05) is 42.0 Å². The van der Waals surface area contributed by atoms with Crippen molar-refractivity contribution in [3.63, 3.8) is 0 Å². The Kier molecular flexibility index (Phi) is 4.39. The smallest absolute Gasteiger partial charge is 0.166 e. The van der Waals surface area contributed by atoms with Crippen molar-refractivity contribution in [1.29, 1.82) is 0 Å². The lowest BCUT2D eigenvalue weighted by Crippen LogP contribution is -2.05. The minimum atomic E-state index is -4.31. The average molecular weight is 299 g/mol. The van der Waals surface area contributed by atoms with Crippen LogP contribution >= 0.6 is 11.6 Å². The van der Waals surface area contributed by atoms with Crippen LogP contribution in [0.4, 0.5) is 13.2 Å². The van der Waals surface area contributed by atoms with E-state index in [1.165, 1.54) is 12.1 Å². The van der Waals surface area contributed by atoms with Gasteiger partial charge in [-0.2, -0.15) is 13.2 Å². The first-order chi connectivity index (χ1) is 9.36. The normalized spacial score (nSPS) is 13.2. The molecule has 0 amide bonds. The van der Waals surface area contributed by atoms with E-state index in [1.54, 1.807) is 0 Å². The molecule has 1 atom stereocenters. The molecular formula is C16H14ClF3. The molecule has 0 spiro atoms. The molecule has 2 aromatic carbocycles. The Morgan fingerprint density at radius 2 is 1.50 bits per heavy atom. The van der Waals surface area contributed by atoms with Crippen LogP contribution < -0.4 is 0 Å². The summed E-state index contributed by atoms with van der Waals surface area (Å²) in [7, 11) is 0. The molecule has 0 nitrogen and oxygen atoms in total. The van der Waals surface area contributed by atoms with Gasteiger partial charge in [-0.15, -0.1) is 11.6 Å². The molecule has 0 saturated carbocycles. The van der Waals surface area contributed by atoms with Crippen molar-refractivity contribution in [2.75, 3.05) is 0 Å². The molecule has 0 aliphatic carbocycles. The first kappa shape index (κ1) is 14.9. The van der Waals surface area contributed by atoms with Crippen LogP contribution in [0.1, 0.15) is 27.6 Å². The van der Waals surface area contributed by atoms with Gasteiger partial charge in [0.05, 0.1) is 10.9 Å². The van der Waals surface area contributed by atoms with Gasteiger partial charge in [0.25, 0.3) is 0 Å². The molecule has 20 heavy (non-hydrogen) atoms. The van der Waals surface area contributed by atoms with Crippen LogP contribution in [0.3, 0.4) is 0 Å². The third-order valence-electron chi connectivity index (χ3n) is 3.14. The van der Waals surface area contributed by atoms with Gasteiger partial charge >= 0.3 is 6.18 Å². The second-order valence-electron chi connectivity index (χ2n) is 4.78. The molecule has 0 fully saturated rings. The number of hydrogen-bond donors (Lipinski definition) is 0. The minimum absolute atomic E-state index is 0.333. The Morgan fingerprint density at radius 3 is 2.00 bits per heavy atom. The zero-order valence-electron chi connectivity index (χ0n) is 10.9. The Bertz CT molecular complexity index is 556. The molecule has 0 saturated heterocycles. The average Bonchev–Trinajstić information content (AvgIpc) is 2.40. The van der Waals surface area contributed by atoms with Crippen LogP contribution in [-0.4, -0.2) is 0 Å². The molecule has 0 N–H and O–H groups in total. The van der Waals surface area contributed by atoms with Crippen molar-refractivity contribution in [3.05, 3.63) is 70.8 Å². The number of hydrogen-bond acceptors (Lipinski definition) is 0. The van der Waals surface area contributed by atoms with E-state index < -0.39 is 11.7 Å². The van der Waals surface area contributed by atoms with E-state index in [9.17, 15) is 13.2 Å². The Labute approximate surface area is 121 Å². The van der Waals surface area contributed by atoms with Crippen LogP contribution in [0.5, 0.6) is 0 Å². The summed E-state index contributed by atoms with van der Waals surface area (Å²) in [6, 6.07) is 13.0. The van der Waals surface area contributed by atoms with Gasteiger partial charge in [-0.25, -0.2) is 0 Å². The van der Waals surface area contributed by atoms with Crippen molar-refractivity contribution in [3.8, 4) is 0 Å². The van der Waals surface area contributed by atoms with Crippen LogP contribution in [-0.2, 0) is 12.6 Å². The molecule has 0 aliphatic rings. The third kappa shape index (κ3) is 3.76. The number of benzene rings is 2. The number of alkyl halides is 4. The number of rotatable bonds is 3. The largest absolute Gasteiger partial charge is 0.416 e. The maximum atomic E-state index is 12.5. The zero-order chi connectivity index (χ0) is 14.8.